The second-order valence-electron chi connectivity index (χ2n) is 5.31. The van der Waals surface area contributed by atoms with E-state index in [9.17, 15) is 14.7 Å². The van der Waals surface area contributed by atoms with Crippen LogP contribution in [0.4, 0.5) is 5.69 Å². The van der Waals surface area contributed by atoms with Gasteiger partial charge in [0, 0.05) is 12.6 Å². The zero-order valence-corrected chi connectivity index (χ0v) is 11.4. The maximum atomic E-state index is 12.1. The minimum atomic E-state index is -1.07. The Kier molecular flexibility index (Phi) is 3.32. The third-order valence-electron chi connectivity index (χ3n) is 3.25. The number of aliphatic hydroxyl groups is 1. The van der Waals surface area contributed by atoms with Gasteiger partial charge in [-0.15, -0.1) is 0 Å². The van der Waals surface area contributed by atoms with Gasteiger partial charge in [-0.2, -0.15) is 0 Å². The summed E-state index contributed by atoms with van der Waals surface area (Å²) in [5.74, 6) is -0.246. The number of amides is 2. The van der Waals surface area contributed by atoms with Crippen LogP contribution in [-0.2, 0) is 15.2 Å². The van der Waals surface area contributed by atoms with E-state index in [1.165, 1.54) is 9.80 Å². The lowest BCUT2D eigenvalue weighted by Gasteiger charge is -2.34. The molecule has 2 amide bonds. The predicted molar refractivity (Wildman–Crippen MR) is 71.7 cm³/mol. The molecule has 19 heavy (non-hydrogen) atoms. The molecule has 102 valence electrons. The van der Waals surface area contributed by atoms with Crippen LogP contribution in [0.25, 0.3) is 0 Å². The van der Waals surface area contributed by atoms with Crippen molar-refractivity contribution in [2.45, 2.75) is 19.4 Å². The predicted octanol–water partition coefficient (Wildman–Crippen LogP) is 0.719. The van der Waals surface area contributed by atoms with E-state index in [4.69, 9.17) is 0 Å². The van der Waals surface area contributed by atoms with Crippen LogP contribution in [0.3, 0.4) is 0 Å². The molecule has 5 heteroatoms. The van der Waals surface area contributed by atoms with Crippen molar-refractivity contribution in [1.82, 2.24) is 4.90 Å². The van der Waals surface area contributed by atoms with E-state index in [0.29, 0.717) is 11.3 Å². The summed E-state index contributed by atoms with van der Waals surface area (Å²) in [5.41, 5.74) is 0.172. The normalized spacial score (nSPS) is 17.1. The Morgan fingerprint density at radius 3 is 2.37 bits per heavy atom. The van der Waals surface area contributed by atoms with Crippen molar-refractivity contribution in [1.29, 1.82) is 0 Å². The molecule has 0 atom stereocenters. The van der Waals surface area contributed by atoms with E-state index in [1.54, 1.807) is 45.2 Å². The van der Waals surface area contributed by atoms with Gasteiger partial charge in [-0.1, -0.05) is 18.2 Å². The van der Waals surface area contributed by atoms with Gasteiger partial charge in [-0.3, -0.25) is 9.59 Å². The van der Waals surface area contributed by atoms with E-state index < -0.39 is 5.60 Å². The summed E-state index contributed by atoms with van der Waals surface area (Å²) in [5, 5.41) is 10.2. The van der Waals surface area contributed by atoms with E-state index in [1.807, 2.05) is 0 Å². The molecule has 5 nitrogen and oxygen atoms in total. The van der Waals surface area contributed by atoms with Crippen molar-refractivity contribution in [3.8, 4) is 0 Å². The van der Waals surface area contributed by atoms with Gasteiger partial charge >= 0.3 is 0 Å². The van der Waals surface area contributed by atoms with Crippen LogP contribution in [-0.4, -0.2) is 42.0 Å². The molecule has 0 aromatic heterocycles. The molecule has 1 N–H and O–H groups in total. The van der Waals surface area contributed by atoms with Gasteiger partial charge in [0.1, 0.15) is 6.54 Å². The number of rotatable bonds is 2. The summed E-state index contributed by atoms with van der Waals surface area (Å²) < 4.78 is 0. The number of para-hydroxylation sites is 1. The molecule has 0 saturated carbocycles. The molecule has 0 radical (unpaired) electrons. The zero-order valence-electron chi connectivity index (χ0n) is 11.4. The Bertz CT molecular complexity index is 520. The van der Waals surface area contributed by atoms with E-state index in [2.05, 4.69) is 0 Å². The standard InChI is InChI=1S/C14H18N2O3/c1-14(2,19)10-6-4-5-7-11(10)16-9-12(17)15(3)8-13(16)18/h4-7,19H,8-9H2,1-3H3. The number of nitrogens with zero attached hydrogens (tertiary/aromatic N) is 2. The zero-order chi connectivity index (χ0) is 14.2. The van der Waals surface area contributed by atoms with Crippen molar-refractivity contribution in [2.75, 3.05) is 25.0 Å². The minimum absolute atomic E-state index is 0.0163. The molecule has 2 rings (SSSR count). The van der Waals surface area contributed by atoms with Crippen LogP contribution in [0, 0.1) is 0 Å². The molecule has 0 bridgehead atoms. The van der Waals surface area contributed by atoms with Gasteiger partial charge in [0.15, 0.2) is 0 Å². The summed E-state index contributed by atoms with van der Waals surface area (Å²) in [6.45, 7) is 3.41. The molecular formula is C14H18N2O3. The lowest BCUT2D eigenvalue weighted by atomic mass is 9.95. The average Bonchev–Trinajstić information content (AvgIpc) is 2.33. The lowest BCUT2D eigenvalue weighted by molar-refractivity contribution is -0.136. The largest absolute Gasteiger partial charge is 0.386 e. The SMILES string of the molecule is CN1CC(=O)N(c2ccccc2C(C)(C)O)CC1=O. The first-order valence-electron chi connectivity index (χ1n) is 6.17. The highest BCUT2D eigenvalue weighted by Gasteiger charge is 2.32. The van der Waals surface area contributed by atoms with Crippen molar-refractivity contribution in [3.05, 3.63) is 29.8 Å². The molecule has 0 aliphatic carbocycles. The van der Waals surface area contributed by atoms with Gasteiger partial charge in [0.2, 0.25) is 11.8 Å². The van der Waals surface area contributed by atoms with Gasteiger partial charge < -0.3 is 14.9 Å². The molecule has 1 aliphatic heterocycles. The van der Waals surface area contributed by atoms with Crippen molar-refractivity contribution < 1.29 is 14.7 Å². The average molecular weight is 262 g/mol. The van der Waals surface area contributed by atoms with Gasteiger partial charge in [-0.05, 0) is 19.9 Å². The lowest BCUT2D eigenvalue weighted by Crippen LogP contribution is -2.52. The van der Waals surface area contributed by atoms with Gasteiger partial charge in [0.05, 0.1) is 17.8 Å². The molecule has 1 aromatic rings. The summed E-state index contributed by atoms with van der Waals surface area (Å²) in [6, 6.07) is 7.12. The number of carbonyl (C=O) groups excluding carboxylic acids is 2. The van der Waals surface area contributed by atoms with E-state index >= 15 is 0 Å². The van der Waals surface area contributed by atoms with E-state index in [0.717, 1.165) is 0 Å². The molecular weight excluding hydrogens is 244 g/mol. The Balaban J connectivity index is 2.42. The molecule has 0 spiro atoms. The monoisotopic (exact) mass is 262 g/mol. The molecule has 1 aliphatic rings. The molecule has 0 unspecified atom stereocenters. The fraction of sp³-hybridized carbons (Fsp3) is 0.429. The summed E-state index contributed by atoms with van der Waals surface area (Å²) in [7, 11) is 1.61. The topological polar surface area (TPSA) is 60.9 Å². The Hall–Kier alpha value is -1.88. The van der Waals surface area contributed by atoms with Crippen LogP contribution in [0.2, 0.25) is 0 Å². The van der Waals surface area contributed by atoms with Crippen LogP contribution in [0.1, 0.15) is 19.4 Å². The van der Waals surface area contributed by atoms with Crippen LogP contribution < -0.4 is 4.90 Å². The number of hydrogen-bond acceptors (Lipinski definition) is 3. The fourth-order valence-corrected chi connectivity index (χ4v) is 2.17. The van der Waals surface area contributed by atoms with E-state index in [-0.39, 0.29) is 24.9 Å². The summed E-state index contributed by atoms with van der Waals surface area (Å²) >= 11 is 0. The molecule has 1 saturated heterocycles. The Morgan fingerprint density at radius 1 is 1.11 bits per heavy atom. The molecule has 1 aromatic carbocycles. The van der Waals surface area contributed by atoms with Crippen molar-refractivity contribution in [2.24, 2.45) is 0 Å². The maximum Gasteiger partial charge on any atom is 0.247 e. The highest BCUT2D eigenvalue weighted by molar-refractivity contribution is 6.04. The highest BCUT2D eigenvalue weighted by Crippen LogP contribution is 2.31. The smallest absolute Gasteiger partial charge is 0.247 e. The third-order valence-corrected chi connectivity index (χ3v) is 3.25. The highest BCUT2D eigenvalue weighted by atomic mass is 16.3. The van der Waals surface area contributed by atoms with Crippen LogP contribution in [0.5, 0.6) is 0 Å². The number of benzene rings is 1. The first-order chi connectivity index (χ1) is 8.80. The number of carbonyl (C=O) groups is 2. The van der Waals surface area contributed by atoms with Crippen molar-refractivity contribution >= 4 is 17.5 Å². The summed E-state index contributed by atoms with van der Waals surface area (Å²) in [4.78, 5) is 26.7. The first kappa shape index (κ1) is 13.5. The molecule has 1 fully saturated rings. The third kappa shape index (κ3) is 2.61. The number of anilines is 1. The first-order valence-corrected chi connectivity index (χ1v) is 6.17. The Labute approximate surface area is 112 Å². The minimum Gasteiger partial charge on any atom is -0.386 e. The second kappa shape index (κ2) is 4.66. The van der Waals surface area contributed by atoms with Gasteiger partial charge in [0.25, 0.3) is 0 Å². The summed E-state index contributed by atoms with van der Waals surface area (Å²) in [6.07, 6.45) is 0. The maximum absolute atomic E-state index is 12.1. The number of likely N-dealkylation sites (N-methyl/N-ethyl adjacent to an activating group) is 1. The van der Waals surface area contributed by atoms with Crippen LogP contribution >= 0.6 is 0 Å². The van der Waals surface area contributed by atoms with Gasteiger partial charge in [-0.25, -0.2) is 0 Å². The molecule has 1 heterocycles. The second-order valence-corrected chi connectivity index (χ2v) is 5.31. The number of hydrogen-bond donors (Lipinski definition) is 1. The fourth-order valence-electron chi connectivity index (χ4n) is 2.17. The van der Waals surface area contributed by atoms with Crippen LogP contribution in [0.15, 0.2) is 24.3 Å². The quantitative estimate of drug-likeness (QED) is 0.854. The Morgan fingerprint density at radius 2 is 1.74 bits per heavy atom. The number of piperazine rings is 1. The van der Waals surface area contributed by atoms with Crippen molar-refractivity contribution in [3.63, 3.8) is 0 Å².